The van der Waals surface area contributed by atoms with E-state index in [0.29, 0.717) is 58.6 Å². The van der Waals surface area contributed by atoms with Crippen LogP contribution in [0.2, 0.25) is 0 Å². The second-order valence-corrected chi connectivity index (χ2v) is 15.1. The number of hydrogen-bond acceptors (Lipinski definition) is 7. The number of nitrogens with zero attached hydrogens (tertiary/aromatic N) is 1. The van der Waals surface area contributed by atoms with Crippen LogP contribution in [0, 0.1) is 11.8 Å². The van der Waals surface area contributed by atoms with Crippen molar-refractivity contribution < 1.29 is 33.4 Å². The predicted molar refractivity (Wildman–Crippen MR) is 199 cm³/mol. The molecule has 2 fully saturated rings. The molecule has 2 aromatic carbocycles. The number of aryl methyl sites for hydroxylation is 1. The van der Waals surface area contributed by atoms with Crippen molar-refractivity contribution >= 4 is 29.4 Å². The fourth-order valence-electron chi connectivity index (χ4n) is 6.36. The summed E-state index contributed by atoms with van der Waals surface area (Å²) < 4.78 is 9.66. The van der Waals surface area contributed by atoms with Gasteiger partial charge < -0.3 is 30.7 Å². The van der Waals surface area contributed by atoms with E-state index in [1.807, 2.05) is 93.3 Å². The second-order valence-electron chi connectivity index (χ2n) is 15.1. The Hall–Kier alpha value is -4.13. The molecule has 2 aromatic rings. The van der Waals surface area contributed by atoms with E-state index in [4.69, 9.17) is 4.74 Å². The van der Waals surface area contributed by atoms with Crippen LogP contribution in [0.5, 0.6) is 0 Å². The van der Waals surface area contributed by atoms with E-state index in [1.165, 1.54) is 0 Å². The van der Waals surface area contributed by atoms with Gasteiger partial charge in [0.15, 0.2) is 0 Å². The lowest BCUT2D eigenvalue weighted by atomic mass is 9.93. The zero-order valence-electron chi connectivity index (χ0n) is 31.4. The molecule has 0 aliphatic carbocycles. The molecule has 0 aromatic heterocycles. The topological polar surface area (TPSA) is 159 Å². The van der Waals surface area contributed by atoms with Crippen LogP contribution >= 0.6 is 0 Å². The summed E-state index contributed by atoms with van der Waals surface area (Å²) >= 11 is 0. The third-order valence-corrected chi connectivity index (χ3v) is 9.45. The lowest BCUT2D eigenvalue weighted by Gasteiger charge is -2.29. The van der Waals surface area contributed by atoms with Crippen molar-refractivity contribution in [3.05, 3.63) is 71.8 Å². The maximum atomic E-state index is 14.1. The summed E-state index contributed by atoms with van der Waals surface area (Å²) in [6.07, 6.45) is 1.80. The van der Waals surface area contributed by atoms with Crippen LogP contribution in [0.4, 0.5) is 0 Å². The molecule has 12 nitrogen and oxygen atoms in total. The van der Waals surface area contributed by atoms with Gasteiger partial charge in [0.05, 0.1) is 25.8 Å². The number of ketones is 1. The number of Topliss-reactive ketones (excluding diaryl/α,β-unsaturated/α-hetero) is 1. The molecule has 4 amide bonds. The number of carbonyl (C=O) groups is 5. The van der Waals surface area contributed by atoms with Crippen molar-refractivity contribution in [2.24, 2.45) is 11.8 Å². The minimum atomic E-state index is -1.02. The van der Waals surface area contributed by atoms with Crippen molar-refractivity contribution in [3.8, 4) is 0 Å². The zero-order chi connectivity index (χ0) is 37.7. The number of epoxide rings is 1. The van der Waals surface area contributed by atoms with Crippen LogP contribution < -0.4 is 21.3 Å². The summed E-state index contributed by atoms with van der Waals surface area (Å²) in [5.74, 6) is -1.73. The molecule has 284 valence electrons. The smallest absolute Gasteiger partial charge is 0.292 e. The van der Waals surface area contributed by atoms with Gasteiger partial charge in [0.1, 0.15) is 18.1 Å². The Morgan fingerprint density at radius 3 is 1.79 bits per heavy atom. The largest absolute Gasteiger partial charge is 0.411 e. The van der Waals surface area contributed by atoms with Crippen molar-refractivity contribution in [1.29, 1.82) is 0 Å². The van der Waals surface area contributed by atoms with Crippen LogP contribution in [-0.2, 0) is 41.6 Å². The fraction of sp³-hybridized carbons (Fsp3) is 0.575. The lowest BCUT2D eigenvalue weighted by molar-refractivity contribution is -0.136. The third kappa shape index (κ3) is 13.1. The molecule has 4 rings (SSSR count). The lowest BCUT2D eigenvalue weighted by Crippen LogP contribution is -2.59. The van der Waals surface area contributed by atoms with E-state index in [0.717, 1.165) is 11.1 Å². The van der Waals surface area contributed by atoms with Crippen LogP contribution in [0.3, 0.4) is 0 Å². The number of nitrogens with one attached hydrogen (secondary N) is 4. The number of benzene rings is 2. The summed E-state index contributed by atoms with van der Waals surface area (Å²) in [4.78, 5) is 70.5. The monoisotopic (exact) mass is 720 g/mol. The number of morpholine rings is 1. The Bertz CT molecular complexity index is 1480. The van der Waals surface area contributed by atoms with E-state index < -0.39 is 47.5 Å². The summed E-state index contributed by atoms with van der Waals surface area (Å²) in [7, 11) is 0. The highest BCUT2D eigenvalue weighted by Gasteiger charge is 2.58. The molecule has 0 radical (unpaired) electrons. The number of amides is 4. The van der Waals surface area contributed by atoms with Crippen molar-refractivity contribution in [3.63, 3.8) is 0 Å². The first-order valence-corrected chi connectivity index (χ1v) is 18.6. The molecule has 2 unspecified atom stereocenters. The molecule has 2 aliphatic rings. The van der Waals surface area contributed by atoms with Gasteiger partial charge in [-0.3, -0.25) is 28.9 Å². The van der Waals surface area contributed by atoms with Gasteiger partial charge in [-0.15, -0.1) is 0 Å². The van der Waals surface area contributed by atoms with E-state index in [-0.39, 0.29) is 36.5 Å². The Kier molecular flexibility index (Phi) is 15.3. The van der Waals surface area contributed by atoms with Crippen molar-refractivity contribution in [2.45, 2.75) is 96.5 Å². The maximum Gasteiger partial charge on any atom is 0.292 e. The Labute approximate surface area is 308 Å². The van der Waals surface area contributed by atoms with Gasteiger partial charge in [0.25, 0.3) is 5.60 Å². The second kappa shape index (κ2) is 19.6. The average Bonchev–Trinajstić information content (AvgIpc) is 3.87. The Morgan fingerprint density at radius 2 is 1.21 bits per heavy atom. The Morgan fingerprint density at radius 1 is 0.712 bits per heavy atom. The number of ether oxygens (including phenoxy) is 2. The highest BCUT2D eigenvalue weighted by atomic mass is 16.6. The zero-order valence-corrected chi connectivity index (χ0v) is 31.4. The van der Waals surface area contributed by atoms with Crippen LogP contribution in [0.15, 0.2) is 60.7 Å². The van der Waals surface area contributed by atoms with Crippen molar-refractivity contribution in [2.75, 3.05) is 39.5 Å². The molecule has 0 saturated carbocycles. The number of aliphatic hydroxyl groups is 2. The number of carbonyl (C=O) groups excluding carboxylic acids is 5. The number of hydrogen-bond donors (Lipinski definition) is 4. The minimum absolute atomic E-state index is 0.0206. The molecular weight excluding hydrogens is 662 g/mol. The van der Waals surface area contributed by atoms with Gasteiger partial charge in [-0.25, -0.2) is 0 Å². The highest BCUT2D eigenvalue weighted by molar-refractivity contribution is 5.98. The molecular formula is C40H58N5O7+. The van der Waals surface area contributed by atoms with Gasteiger partial charge in [0.2, 0.25) is 36.0 Å². The molecule has 2 aliphatic heterocycles. The van der Waals surface area contributed by atoms with Crippen molar-refractivity contribution in [1.82, 2.24) is 26.2 Å². The third-order valence-electron chi connectivity index (χ3n) is 9.45. The molecule has 5 N–H and O–H groups in total. The normalized spacial score (nSPS) is 19.6. The van der Waals surface area contributed by atoms with Gasteiger partial charge in [-0.1, -0.05) is 88.4 Å². The summed E-state index contributed by atoms with van der Waals surface area (Å²) in [6.45, 7) is 12.6. The summed E-state index contributed by atoms with van der Waals surface area (Å²) in [5.41, 5.74) is 1.05. The van der Waals surface area contributed by atoms with Crippen LogP contribution in [0.25, 0.3) is 0 Å². The molecule has 0 spiro atoms. The molecule has 52 heavy (non-hydrogen) atoms. The van der Waals surface area contributed by atoms with Crippen LogP contribution in [-0.4, -0.2) is 108 Å². The molecule has 2 heterocycles. The molecule has 12 heteroatoms. The first-order chi connectivity index (χ1) is 24.8. The first-order valence-electron chi connectivity index (χ1n) is 18.6. The standard InChI is InChI=1S/C40H57N5O7/c1-27(2)22-32(36(47)40(5)26-52-40)42-39(50)34(24-30-14-10-7-11-15-30)44-38(49)33(23-28(3)4)43-37(48)31(17-16-29-12-8-6-9-13-29)41-35(46)25-45-18-20-51-21-19-45/h6-15,27-28,31-34H,16-26H2,1-5H3,(H,41,46)(H,42,50)(H,43,48)(H,44,49)/p+1/t31-,32?,33?,34-,40+/m0/s1. The van der Waals surface area contributed by atoms with E-state index in [9.17, 15) is 24.0 Å². The maximum absolute atomic E-state index is 14.1. The predicted octanol–water partition coefficient (Wildman–Crippen LogP) is 2.09. The average molecular weight is 721 g/mol. The fourth-order valence-corrected chi connectivity index (χ4v) is 6.36. The van der Waals surface area contributed by atoms with Gasteiger partial charge >= 0.3 is 0 Å². The molecule has 2 saturated heterocycles. The van der Waals surface area contributed by atoms with Gasteiger partial charge in [-0.05, 0) is 48.6 Å². The molecule has 5 atom stereocenters. The number of rotatable bonds is 20. The summed E-state index contributed by atoms with van der Waals surface area (Å²) in [5, 5.41) is 11.7. The van der Waals surface area contributed by atoms with Gasteiger partial charge in [0, 0.05) is 26.4 Å². The SMILES string of the molecule is CC(C)CC(NC(=O)[C@H](CCc1ccccc1)NC(=O)CN1CCOCC1)C(=O)N[C@@H](Cc1ccccc1)C(=O)NC(CC(C)C)C(=O)[C@@]1(C)C[OH+]1. The van der Waals surface area contributed by atoms with E-state index in [1.54, 1.807) is 6.92 Å². The quantitative estimate of drug-likeness (QED) is 0.121. The minimum Gasteiger partial charge on any atom is -0.411 e. The highest BCUT2D eigenvalue weighted by Crippen LogP contribution is 2.26. The van der Waals surface area contributed by atoms with E-state index >= 15 is 0 Å². The van der Waals surface area contributed by atoms with Gasteiger partial charge in [-0.2, -0.15) is 0 Å². The summed E-state index contributed by atoms with van der Waals surface area (Å²) in [6, 6.07) is 15.4. The van der Waals surface area contributed by atoms with E-state index in [2.05, 4.69) is 26.0 Å². The van der Waals surface area contributed by atoms with Crippen LogP contribution in [0.1, 0.15) is 65.0 Å². The molecule has 0 bridgehead atoms. The first kappa shape index (κ1) is 40.6. The Balaban J connectivity index is 1.51.